The lowest BCUT2D eigenvalue weighted by Gasteiger charge is -2.18. The van der Waals surface area contributed by atoms with E-state index in [9.17, 15) is 9.90 Å². The van der Waals surface area contributed by atoms with Gasteiger partial charge in [-0.2, -0.15) is 10.2 Å². The number of hydrogen-bond donors (Lipinski definition) is 3. The number of carbonyl (C=O) groups is 1. The van der Waals surface area contributed by atoms with Crippen LogP contribution in [0.3, 0.4) is 0 Å². The van der Waals surface area contributed by atoms with E-state index in [0.717, 1.165) is 40.0 Å². The number of rotatable bonds is 6. The van der Waals surface area contributed by atoms with Gasteiger partial charge >= 0.3 is 0 Å². The minimum atomic E-state index is -0.274. The average molecular weight is 471 g/mol. The molecular weight excluding hydrogens is 444 g/mol. The first-order valence-electron chi connectivity index (χ1n) is 11.3. The standard InChI is InChI=1S/C25H26N8O2/c1-5-33-14(2)16(11-28-33)13-32(4)25(35)23-18-10-17(34)6-7-20(18)29-24(30-23)15-8-21(26-3)19-12-27-31-22(19)9-15/h6-12,26,34H,5,13H2,1-4H3,(H,27,31). The molecule has 0 fully saturated rings. The number of phenols is 1. The van der Waals surface area contributed by atoms with Crippen LogP contribution in [-0.4, -0.2) is 60.0 Å². The van der Waals surface area contributed by atoms with Crippen molar-refractivity contribution in [1.29, 1.82) is 0 Å². The van der Waals surface area contributed by atoms with Crippen LogP contribution in [0.4, 0.5) is 5.69 Å². The highest BCUT2D eigenvalue weighted by atomic mass is 16.3. The number of amides is 1. The molecule has 0 atom stereocenters. The smallest absolute Gasteiger partial charge is 0.273 e. The lowest BCUT2D eigenvalue weighted by Crippen LogP contribution is -2.27. The first-order valence-corrected chi connectivity index (χ1v) is 11.3. The van der Waals surface area contributed by atoms with Gasteiger partial charge in [-0.05, 0) is 44.2 Å². The van der Waals surface area contributed by atoms with Crippen LogP contribution in [-0.2, 0) is 13.1 Å². The van der Waals surface area contributed by atoms with Crippen LogP contribution in [0.5, 0.6) is 5.75 Å². The molecular formula is C25H26N8O2. The predicted molar refractivity (Wildman–Crippen MR) is 134 cm³/mol. The summed E-state index contributed by atoms with van der Waals surface area (Å²) in [6.45, 7) is 5.16. The van der Waals surface area contributed by atoms with Crippen molar-refractivity contribution in [2.45, 2.75) is 26.9 Å². The molecule has 0 aliphatic rings. The highest BCUT2D eigenvalue weighted by Crippen LogP contribution is 2.31. The fourth-order valence-corrected chi connectivity index (χ4v) is 4.26. The van der Waals surface area contributed by atoms with Gasteiger partial charge in [0, 0.05) is 60.5 Å². The van der Waals surface area contributed by atoms with Gasteiger partial charge in [-0.15, -0.1) is 0 Å². The second-order valence-electron chi connectivity index (χ2n) is 8.43. The first kappa shape index (κ1) is 22.3. The molecule has 0 radical (unpaired) electrons. The Kier molecular flexibility index (Phi) is 5.56. The van der Waals surface area contributed by atoms with Gasteiger partial charge in [0.2, 0.25) is 0 Å². The summed E-state index contributed by atoms with van der Waals surface area (Å²) in [5.41, 5.74) is 5.20. The second-order valence-corrected chi connectivity index (χ2v) is 8.43. The summed E-state index contributed by atoms with van der Waals surface area (Å²) in [5.74, 6) is 0.175. The number of phenolic OH excluding ortho intramolecular Hbond substituents is 1. The van der Waals surface area contributed by atoms with Gasteiger partial charge in [-0.25, -0.2) is 9.97 Å². The van der Waals surface area contributed by atoms with Crippen molar-refractivity contribution in [3.63, 3.8) is 0 Å². The van der Waals surface area contributed by atoms with Crippen molar-refractivity contribution in [1.82, 2.24) is 34.8 Å². The molecule has 0 aliphatic carbocycles. The van der Waals surface area contributed by atoms with E-state index in [1.54, 1.807) is 36.5 Å². The Hall–Kier alpha value is -4.47. The van der Waals surface area contributed by atoms with Crippen LogP contribution in [0.25, 0.3) is 33.2 Å². The van der Waals surface area contributed by atoms with E-state index in [2.05, 4.69) is 25.6 Å². The van der Waals surface area contributed by atoms with E-state index >= 15 is 0 Å². The Labute approximate surface area is 201 Å². The molecule has 10 heteroatoms. The van der Waals surface area contributed by atoms with Gasteiger partial charge in [0.1, 0.15) is 11.4 Å². The highest BCUT2D eigenvalue weighted by Gasteiger charge is 2.22. The van der Waals surface area contributed by atoms with E-state index < -0.39 is 0 Å². The van der Waals surface area contributed by atoms with E-state index in [-0.39, 0.29) is 17.4 Å². The molecule has 35 heavy (non-hydrogen) atoms. The molecule has 0 spiro atoms. The molecule has 0 bridgehead atoms. The van der Waals surface area contributed by atoms with Crippen molar-refractivity contribution in [3.8, 4) is 17.1 Å². The summed E-state index contributed by atoms with van der Waals surface area (Å²) in [6.07, 6.45) is 3.54. The van der Waals surface area contributed by atoms with Crippen molar-refractivity contribution < 1.29 is 9.90 Å². The third-order valence-electron chi connectivity index (χ3n) is 6.23. The number of carbonyl (C=O) groups excluding carboxylic acids is 1. The van der Waals surface area contributed by atoms with E-state index in [0.29, 0.717) is 23.3 Å². The number of aryl methyl sites for hydroxylation is 1. The first-order chi connectivity index (χ1) is 16.9. The lowest BCUT2D eigenvalue weighted by molar-refractivity contribution is 0.0781. The maximum absolute atomic E-state index is 13.6. The van der Waals surface area contributed by atoms with Crippen LogP contribution in [0.2, 0.25) is 0 Å². The molecule has 10 nitrogen and oxygen atoms in total. The number of aromatic amines is 1. The maximum Gasteiger partial charge on any atom is 0.273 e. The SMILES string of the molecule is CCn1ncc(CN(C)C(=O)c2nc(-c3cc(NC)c4cn[nH]c4c3)nc3ccc(O)cc23)c1C. The summed E-state index contributed by atoms with van der Waals surface area (Å²) in [6, 6.07) is 8.61. The molecule has 178 valence electrons. The van der Waals surface area contributed by atoms with E-state index in [1.165, 1.54) is 6.07 Å². The summed E-state index contributed by atoms with van der Waals surface area (Å²) in [7, 11) is 3.57. The number of benzene rings is 2. The van der Waals surface area contributed by atoms with Crippen molar-refractivity contribution in [2.24, 2.45) is 0 Å². The molecule has 3 heterocycles. The molecule has 2 aromatic carbocycles. The molecule has 1 amide bonds. The Balaban J connectivity index is 1.61. The van der Waals surface area contributed by atoms with Crippen LogP contribution in [0, 0.1) is 6.92 Å². The number of fused-ring (bicyclic) bond motifs is 2. The normalized spacial score (nSPS) is 11.3. The third kappa shape index (κ3) is 3.92. The zero-order chi connectivity index (χ0) is 24.7. The lowest BCUT2D eigenvalue weighted by atomic mass is 10.1. The Morgan fingerprint density at radius 3 is 2.74 bits per heavy atom. The van der Waals surface area contributed by atoms with Crippen molar-refractivity contribution >= 4 is 33.4 Å². The number of H-pyrrole nitrogens is 1. The topological polar surface area (TPSA) is 125 Å². The fraction of sp³-hybridized carbons (Fsp3) is 0.240. The van der Waals surface area contributed by atoms with Gasteiger partial charge in [0.25, 0.3) is 5.91 Å². The number of hydrogen-bond acceptors (Lipinski definition) is 7. The van der Waals surface area contributed by atoms with Crippen molar-refractivity contribution in [3.05, 3.63) is 59.7 Å². The molecule has 0 saturated carbocycles. The number of aromatic nitrogens is 6. The Morgan fingerprint density at radius 1 is 1.17 bits per heavy atom. The molecule has 0 unspecified atom stereocenters. The van der Waals surface area contributed by atoms with Crippen LogP contribution in [0.15, 0.2) is 42.7 Å². The van der Waals surface area contributed by atoms with Crippen LogP contribution < -0.4 is 5.32 Å². The Morgan fingerprint density at radius 2 is 2.00 bits per heavy atom. The molecule has 5 rings (SSSR count). The van der Waals surface area contributed by atoms with Gasteiger partial charge < -0.3 is 15.3 Å². The number of aromatic hydroxyl groups is 1. The molecule has 3 N–H and O–H groups in total. The summed E-state index contributed by atoms with van der Waals surface area (Å²) in [5, 5.41) is 26.2. The molecule has 0 aliphatic heterocycles. The largest absolute Gasteiger partial charge is 0.508 e. The average Bonchev–Trinajstić information content (AvgIpc) is 3.48. The summed E-state index contributed by atoms with van der Waals surface area (Å²) < 4.78 is 1.90. The second kappa shape index (κ2) is 8.71. The third-order valence-corrected chi connectivity index (χ3v) is 6.23. The van der Waals surface area contributed by atoms with Gasteiger partial charge in [-0.3, -0.25) is 14.6 Å². The molecule has 3 aromatic heterocycles. The maximum atomic E-state index is 13.6. The summed E-state index contributed by atoms with van der Waals surface area (Å²) in [4.78, 5) is 24.6. The van der Waals surface area contributed by atoms with Gasteiger partial charge in [0.05, 0.1) is 23.4 Å². The Bertz CT molecular complexity index is 1570. The van der Waals surface area contributed by atoms with E-state index in [4.69, 9.17) is 4.98 Å². The van der Waals surface area contributed by atoms with Crippen molar-refractivity contribution in [2.75, 3.05) is 19.4 Å². The number of nitrogens with one attached hydrogen (secondary N) is 2. The highest BCUT2D eigenvalue weighted by molar-refractivity contribution is 6.05. The van der Waals surface area contributed by atoms with Crippen LogP contribution in [0.1, 0.15) is 28.7 Å². The monoisotopic (exact) mass is 470 g/mol. The van der Waals surface area contributed by atoms with Gasteiger partial charge in [0.15, 0.2) is 5.82 Å². The zero-order valence-corrected chi connectivity index (χ0v) is 20.0. The zero-order valence-electron chi connectivity index (χ0n) is 20.0. The number of anilines is 1. The van der Waals surface area contributed by atoms with Crippen LogP contribution >= 0.6 is 0 Å². The predicted octanol–water partition coefficient (Wildman–Crippen LogP) is 3.72. The minimum Gasteiger partial charge on any atom is -0.508 e. The van der Waals surface area contributed by atoms with Gasteiger partial charge in [-0.1, -0.05) is 0 Å². The van der Waals surface area contributed by atoms with E-state index in [1.807, 2.05) is 37.7 Å². The fourth-order valence-electron chi connectivity index (χ4n) is 4.26. The molecule has 5 aromatic rings. The number of nitrogens with zero attached hydrogens (tertiary/aromatic N) is 6. The summed E-state index contributed by atoms with van der Waals surface area (Å²) >= 11 is 0. The quantitative estimate of drug-likeness (QED) is 0.345. The molecule has 0 saturated heterocycles. The minimum absolute atomic E-state index is 0.0435.